The second kappa shape index (κ2) is 9.54. The zero-order chi connectivity index (χ0) is 14.0. The zero-order valence-corrected chi connectivity index (χ0v) is 9.56. The Morgan fingerprint density at radius 1 is 0.833 bits per heavy atom. The van der Waals surface area contributed by atoms with E-state index < -0.39 is 24.5 Å². The highest BCUT2D eigenvalue weighted by Crippen LogP contribution is 1.92. The van der Waals surface area contributed by atoms with E-state index >= 15 is 0 Å². The van der Waals surface area contributed by atoms with Gasteiger partial charge in [0.25, 0.3) is 0 Å². The maximum absolute atomic E-state index is 11.0. The molecule has 0 aliphatic heterocycles. The second-order valence-corrected chi connectivity index (χ2v) is 3.21. The molecular weight excluding hydrogens is 248 g/mol. The van der Waals surface area contributed by atoms with Crippen LogP contribution >= 0.6 is 0 Å². The minimum atomic E-state index is -1.56. The average Bonchev–Trinajstić information content (AvgIpc) is 2.25. The van der Waals surface area contributed by atoms with Crippen molar-refractivity contribution in [3.8, 4) is 0 Å². The molecule has 0 aromatic carbocycles. The Hall–Kier alpha value is -1.48. The molecule has 0 fully saturated rings. The van der Waals surface area contributed by atoms with Gasteiger partial charge in [0, 0.05) is 25.0 Å². The number of carbonyl (C=O) groups excluding carboxylic acids is 2. The van der Waals surface area contributed by atoms with Crippen LogP contribution in [-0.2, 0) is 19.1 Å². The third kappa shape index (κ3) is 11.0. The molecule has 0 atom stereocenters. The second-order valence-electron chi connectivity index (χ2n) is 3.21. The first-order valence-electron chi connectivity index (χ1n) is 5.15. The molecule has 8 heteroatoms. The molecule has 0 saturated heterocycles. The summed E-state index contributed by atoms with van der Waals surface area (Å²) in [7, 11) is 0. The van der Waals surface area contributed by atoms with Gasteiger partial charge in [-0.05, 0) is 0 Å². The van der Waals surface area contributed by atoms with E-state index in [2.05, 4.69) is 9.47 Å². The first-order valence-corrected chi connectivity index (χ1v) is 5.15. The normalized spacial score (nSPS) is 11.2. The minimum absolute atomic E-state index is 0.127. The van der Waals surface area contributed by atoms with Crippen LogP contribution in [0.5, 0.6) is 0 Å². The molecule has 0 aromatic rings. The third-order valence-electron chi connectivity index (χ3n) is 1.60. The summed E-state index contributed by atoms with van der Waals surface area (Å²) in [5, 5.41) is 33.8. The first-order chi connectivity index (χ1) is 8.41. The van der Waals surface area contributed by atoms with Crippen molar-refractivity contribution in [3.63, 3.8) is 0 Å². The summed E-state index contributed by atoms with van der Waals surface area (Å²) in [6.07, 6.45) is -1.73. The molecule has 18 heavy (non-hydrogen) atoms. The number of aliphatic hydroxyl groups excluding tert-OH is 2. The van der Waals surface area contributed by atoms with Crippen molar-refractivity contribution in [2.75, 3.05) is 13.2 Å². The molecule has 0 rings (SSSR count). The SMILES string of the molecule is O=C(/C=C/C(=O)OCCC(O)O)OCCC(O)O. The van der Waals surface area contributed by atoms with E-state index in [1.165, 1.54) is 0 Å². The molecule has 0 aliphatic rings. The Kier molecular flexibility index (Phi) is 8.76. The standard InChI is InChI=1S/C10H16O8/c11-7(12)3-5-17-9(15)1-2-10(16)18-6-4-8(13)14/h1-2,7-8,11-14H,3-6H2/b2-1+. The van der Waals surface area contributed by atoms with E-state index in [4.69, 9.17) is 20.4 Å². The Balaban J connectivity index is 3.71. The summed E-state index contributed by atoms with van der Waals surface area (Å²) < 4.78 is 9.02. The summed E-state index contributed by atoms with van der Waals surface area (Å²) in [5.74, 6) is -1.65. The van der Waals surface area contributed by atoms with Crippen LogP contribution in [-0.4, -0.2) is 58.2 Å². The highest BCUT2D eigenvalue weighted by Gasteiger charge is 2.04. The number of ether oxygens (including phenoxy) is 2. The fourth-order valence-corrected chi connectivity index (χ4v) is 0.762. The molecule has 8 nitrogen and oxygen atoms in total. The van der Waals surface area contributed by atoms with Crippen LogP contribution in [0.4, 0.5) is 0 Å². The molecule has 0 saturated carbocycles. The maximum Gasteiger partial charge on any atom is 0.331 e. The van der Waals surface area contributed by atoms with Gasteiger partial charge in [-0.25, -0.2) is 9.59 Å². The van der Waals surface area contributed by atoms with Crippen LogP contribution in [0.25, 0.3) is 0 Å². The third-order valence-corrected chi connectivity index (χ3v) is 1.60. The van der Waals surface area contributed by atoms with Crippen LogP contribution in [0.15, 0.2) is 12.2 Å². The summed E-state index contributed by atoms with van der Waals surface area (Å²) in [6.45, 7) is -0.376. The van der Waals surface area contributed by atoms with Gasteiger partial charge in [-0.3, -0.25) is 0 Å². The van der Waals surface area contributed by atoms with E-state index in [0.29, 0.717) is 0 Å². The molecule has 0 heterocycles. The van der Waals surface area contributed by atoms with Crippen LogP contribution in [0, 0.1) is 0 Å². The zero-order valence-electron chi connectivity index (χ0n) is 9.56. The highest BCUT2D eigenvalue weighted by molar-refractivity contribution is 5.91. The summed E-state index contributed by atoms with van der Waals surface area (Å²) >= 11 is 0. The van der Waals surface area contributed by atoms with Crippen molar-refractivity contribution < 1.29 is 39.5 Å². The fraction of sp³-hybridized carbons (Fsp3) is 0.600. The van der Waals surface area contributed by atoms with Gasteiger partial charge in [0.05, 0.1) is 13.2 Å². The maximum atomic E-state index is 11.0. The smallest absolute Gasteiger partial charge is 0.331 e. The fourth-order valence-electron chi connectivity index (χ4n) is 0.762. The first kappa shape index (κ1) is 16.5. The molecule has 4 N–H and O–H groups in total. The van der Waals surface area contributed by atoms with Crippen molar-refractivity contribution in [3.05, 3.63) is 12.2 Å². The summed E-state index contributed by atoms with van der Waals surface area (Å²) in [5.41, 5.74) is 0. The van der Waals surface area contributed by atoms with Gasteiger partial charge in [0.1, 0.15) is 0 Å². The van der Waals surface area contributed by atoms with E-state index in [0.717, 1.165) is 12.2 Å². The van der Waals surface area contributed by atoms with Crippen molar-refractivity contribution in [1.29, 1.82) is 0 Å². The van der Waals surface area contributed by atoms with Gasteiger partial charge in [-0.15, -0.1) is 0 Å². The number of esters is 2. The predicted octanol–water partition coefficient (Wildman–Crippen LogP) is -1.97. The van der Waals surface area contributed by atoms with Crippen LogP contribution in [0.3, 0.4) is 0 Å². The molecule has 0 radical (unpaired) electrons. The Morgan fingerprint density at radius 3 is 1.44 bits per heavy atom. The van der Waals surface area contributed by atoms with E-state index in [1.807, 2.05) is 0 Å². The lowest BCUT2D eigenvalue weighted by atomic mass is 10.4. The van der Waals surface area contributed by atoms with Crippen molar-refractivity contribution >= 4 is 11.9 Å². The molecule has 0 aliphatic carbocycles. The average molecular weight is 264 g/mol. The van der Waals surface area contributed by atoms with Crippen LogP contribution in [0.1, 0.15) is 12.8 Å². The molecular formula is C10H16O8. The lowest BCUT2D eigenvalue weighted by Crippen LogP contribution is -2.12. The topological polar surface area (TPSA) is 134 Å². The predicted molar refractivity (Wildman–Crippen MR) is 56.7 cm³/mol. The minimum Gasteiger partial charge on any atom is -0.462 e. The summed E-state index contributed by atoms with van der Waals surface area (Å²) in [4.78, 5) is 21.9. The number of carbonyl (C=O) groups is 2. The lowest BCUT2D eigenvalue weighted by molar-refractivity contribution is -0.143. The number of rotatable bonds is 8. The van der Waals surface area contributed by atoms with Gasteiger partial charge in [-0.2, -0.15) is 0 Å². The molecule has 0 bridgehead atoms. The van der Waals surface area contributed by atoms with Crippen molar-refractivity contribution in [2.45, 2.75) is 25.4 Å². The van der Waals surface area contributed by atoms with Crippen molar-refractivity contribution in [2.24, 2.45) is 0 Å². The van der Waals surface area contributed by atoms with Crippen molar-refractivity contribution in [1.82, 2.24) is 0 Å². The molecule has 0 spiro atoms. The van der Waals surface area contributed by atoms with Gasteiger partial charge in [-0.1, -0.05) is 0 Å². The van der Waals surface area contributed by atoms with Gasteiger partial charge < -0.3 is 29.9 Å². The number of hydrogen-bond donors (Lipinski definition) is 4. The molecule has 0 unspecified atom stereocenters. The van der Waals surface area contributed by atoms with Gasteiger partial charge >= 0.3 is 11.9 Å². The molecule has 104 valence electrons. The number of hydrogen-bond acceptors (Lipinski definition) is 8. The quantitative estimate of drug-likeness (QED) is 0.225. The Labute approximate surface area is 103 Å². The van der Waals surface area contributed by atoms with E-state index in [-0.39, 0.29) is 26.1 Å². The van der Waals surface area contributed by atoms with Crippen LogP contribution < -0.4 is 0 Å². The van der Waals surface area contributed by atoms with E-state index in [1.54, 1.807) is 0 Å². The van der Waals surface area contributed by atoms with Gasteiger partial charge in [0.2, 0.25) is 0 Å². The molecule has 0 amide bonds. The van der Waals surface area contributed by atoms with Crippen LogP contribution in [0.2, 0.25) is 0 Å². The molecule has 0 aromatic heterocycles. The highest BCUT2D eigenvalue weighted by atomic mass is 16.5. The van der Waals surface area contributed by atoms with Gasteiger partial charge in [0.15, 0.2) is 12.6 Å². The number of aliphatic hydroxyl groups is 4. The summed E-state index contributed by atoms with van der Waals surface area (Å²) in [6, 6.07) is 0. The largest absolute Gasteiger partial charge is 0.462 e. The lowest BCUT2D eigenvalue weighted by Gasteiger charge is -2.04. The van der Waals surface area contributed by atoms with E-state index in [9.17, 15) is 9.59 Å². The Morgan fingerprint density at radius 2 is 1.17 bits per heavy atom. The Bertz CT molecular complexity index is 256. The monoisotopic (exact) mass is 264 g/mol.